The fraction of sp³-hybridized carbons (Fsp3) is 0.500. The van der Waals surface area contributed by atoms with Gasteiger partial charge in [0.2, 0.25) is 0 Å². The Bertz CT molecular complexity index is 1160. The Morgan fingerprint density at radius 1 is 1.39 bits per heavy atom. The normalized spacial score (nSPS) is 24.6. The van der Waals surface area contributed by atoms with Crippen molar-refractivity contribution >= 4 is 27.2 Å². The van der Waals surface area contributed by atoms with Crippen molar-refractivity contribution < 1.29 is 17.9 Å². The predicted molar refractivity (Wildman–Crippen MR) is 115 cm³/mol. The molecule has 3 atom stereocenters. The number of ether oxygens (including phenoxy) is 1. The van der Waals surface area contributed by atoms with Crippen LogP contribution in [-0.4, -0.2) is 42.4 Å². The topological polar surface area (TPSA) is 102 Å². The highest BCUT2D eigenvalue weighted by molar-refractivity contribution is 7.92. The van der Waals surface area contributed by atoms with Gasteiger partial charge in [-0.25, -0.2) is 13.1 Å². The number of Topliss-reactive ketones (excluding diaryl/α,β-unsaturated/α-hetero) is 1. The Balaban J connectivity index is 1.56. The average molecular weight is 462 g/mol. The van der Waals surface area contributed by atoms with Crippen LogP contribution in [0.25, 0.3) is 5.69 Å². The molecule has 0 saturated heterocycles. The first-order chi connectivity index (χ1) is 14.7. The molecule has 0 unspecified atom stereocenters. The minimum absolute atomic E-state index is 0.0467. The molecule has 0 radical (unpaired) electrons. The molecule has 2 aliphatic rings. The summed E-state index contributed by atoms with van der Waals surface area (Å²) in [6, 6.07) is 6.97. The lowest BCUT2D eigenvalue weighted by Gasteiger charge is -2.17. The summed E-state index contributed by atoms with van der Waals surface area (Å²) >= 11 is 6.38. The fourth-order valence-corrected chi connectivity index (χ4v) is 6.70. The van der Waals surface area contributed by atoms with Gasteiger partial charge in [0.25, 0.3) is 0 Å². The van der Waals surface area contributed by atoms with Crippen molar-refractivity contribution in [3.05, 3.63) is 41.2 Å². The molecule has 0 aliphatic heterocycles. The van der Waals surface area contributed by atoms with E-state index in [-0.39, 0.29) is 35.0 Å². The highest BCUT2D eigenvalue weighted by atomic mass is 35.5. The van der Waals surface area contributed by atoms with Gasteiger partial charge in [-0.3, -0.25) is 4.79 Å². The van der Waals surface area contributed by atoms with Crippen LogP contribution < -0.4 is 0 Å². The van der Waals surface area contributed by atoms with Crippen LogP contribution in [0.4, 0.5) is 0 Å². The Kier molecular flexibility index (Phi) is 5.71. The number of sulfone groups is 1. The van der Waals surface area contributed by atoms with Crippen molar-refractivity contribution in [2.75, 3.05) is 7.11 Å². The SMILES string of the molecule is CO[C@H]1C[C@H](S(=O)(=O)c2ccc(-n3cc(C)cn3)cc2Cl)C[C@@H]1C(=O)CC1(C#N)CC1. The largest absolute Gasteiger partial charge is 0.381 e. The number of aryl methyl sites for hydroxylation is 1. The number of carbonyl (C=O) groups excluding carboxylic acids is 1. The molecule has 0 spiro atoms. The van der Waals surface area contributed by atoms with Crippen LogP contribution in [0.2, 0.25) is 5.02 Å². The number of hydrogen-bond acceptors (Lipinski definition) is 6. The van der Waals surface area contributed by atoms with E-state index in [2.05, 4.69) is 11.2 Å². The lowest BCUT2D eigenvalue weighted by atomic mass is 9.91. The second kappa shape index (κ2) is 8.05. The molecule has 2 aliphatic carbocycles. The Morgan fingerprint density at radius 2 is 2.13 bits per heavy atom. The summed E-state index contributed by atoms with van der Waals surface area (Å²) in [4.78, 5) is 12.9. The predicted octanol–water partition coefficient (Wildman–Crippen LogP) is 3.66. The van der Waals surface area contributed by atoms with Crippen LogP contribution in [0.5, 0.6) is 0 Å². The van der Waals surface area contributed by atoms with Gasteiger partial charge in [-0.1, -0.05) is 11.6 Å². The molecule has 0 amide bonds. The maximum atomic E-state index is 13.4. The van der Waals surface area contributed by atoms with Gasteiger partial charge in [-0.2, -0.15) is 10.4 Å². The number of nitriles is 1. The van der Waals surface area contributed by atoms with Gasteiger partial charge in [-0.05, 0) is 56.4 Å². The van der Waals surface area contributed by atoms with E-state index in [4.69, 9.17) is 16.3 Å². The quantitative estimate of drug-likeness (QED) is 0.623. The molecule has 4 rings (SSSR count). The van der Waals surface area contributed by atoms with Crippen LogP contribution in [0.15, 0.2) is 35.5 Å². The van der Waals surface area contributed by atoms with Crippen molar-refractivity contribution in [3.8, 4) is 11.8 Å². The van der Waals surface area contributed by atoms with Crippen LogP contribution in [0.1, 0.15) is 37.7 Å². The molecule has 2 aromatic rings. The van der Waals surface area contributed by atoms with Crippen LogP contribution in [-0.2, 0) is 19.4 Å². The van der Waals surface area contributed by atoms with Crippen molar-refractivity contribution in [1.82, 2.24) is 9.78 Å². The number of benzene rings is 1. The molecule has 31 heavy (non-hydrogen) atoms. The smallest absolute Gasteiger partial charge is 0.182 e. The number of methoxy groups -OCH3 is 1. The third-order valence-corrected chi connectivity index (χ3v) is 9.07. The first-order valence-corrected chi connectivity index (χ1v) is 12.1. The van der Waals surface area contributed by atoms with Crippen molar-refractivity contribution in [2.24, 2.45) is 11.3 Å². The molecule has 2 fully saturated rings. The third-order valence-electron chi connectivity index (χ3n) is 6.42. The van der Waals surface area contributed by atoms with E-state index in [1.165, 1.54) is 13.2 Å². The molecular weight excluding hydrogens is 438 g/mol. The van der Waals surface area contributed by atoms with E-state index in [9.17, 15) is 18.5 Å². The van der Waals surface area contributed by atoms with E-state index in [1.807, 2.05) is 13.1 Å². The van der Waals surface area contributed by atoms with E-state index < -0.39 is 32.5 Å². The summed E-state index contributed by atoms with van der Waals surface area (Å²) in [5.74, 6) is -0.611. The maximum absolute atomic E-state index is 13.4. The van der Waals surface area contributed by atoms with Crippen molar-refractivity contribution in [2.45, 2.75) is 55.3 Å². The second-order valence-electron chi connectivity index (χ2n) is 8.63. The molecule has 2 saturated carbocycles. The van der Waals surface area contributed by atoms with Gasteiger partial charge in [0.1, 0.15) is 5.78 Å². The summed E-state index contributed by atoms with van der Waals surface area (Å²) in [6.45, 7) is 1.91. The Morgan fingerprint density at radius 3 is 2.68 bits per heavy atom. The summed E-state index contributed by atoms with van der Waals surface area (Å²) < 4.78 is 33.8. The molecule has 0 N–H and O–H groups in total. The van der Waals surface area contributed by atoms with E-state index >= 15 is 0 Å². The number of halogens is 1. The standard InChI is InChI=1S/C22H24ClN3O4S/c1-14-11-25-26(12-14)15-3-4-21(18(23)7-15)31(28,29)16-8-17(20(9-16)30-2)19(27)10-22(13-24)5-6-22/h3-4,7,11-12,16-17,20H,5-6,8-10H2,1-2H3/t16-,17-,20+/m1/s1. The highest BCUT2D eigenvalue weighted by Gasteiger charge is 2.50. The van der Waals surface area contributed by atoms with Gasteiger partial charge in [0.05, 0.1) is 44.6 Å². The molecule has 1 aromatic heterocycles. The first-order valence-electron chi connectivity index (χ1n) is 10.2. The second-order valence-corrected chi connectivity index (χ2v) is 11.2. The fourth-order valence-electron chi connectivity index (χ4n) is 4.35. The zero-order chi connectivity index (χ0) is 22.4. The summed E-state index contributed by atoms with van der Waals surface area (Å²) in [7, 11) is -2.27. The minimum atomic E-state index is -3.77. The Labute approximate surface area is 186 Å². The minimum Gasteiger partial charge on any atom is -0.381 e. The zero-order valence-electron chi connectivity index (χ0n) is 17.4. The van der Waals surface area contributed by atoms with Gasteiger partial charge in [-0.15, -0.1) is 0 Å². The average Bonchev–Trinajstić information content (AvgIpc) is 3.15. The number of aromatic nitrogens is 2. The van der Waals surface area contributed by atoms with E-state index in [0.29, 0.717) is 5.69 Å². The van der Waals surface area contributed by atoms with Crippen molar-refractivity contribution in [3.63, 3.8) is 0 Å². The summed E-state index contributed by atoms with van der Waals surface area (Å²) in [5, 5.41) is 12.9. The van der Waals surface area contributed by atoms with Crippen LogP contribution in [0, 0.1) is 29.6 Å². The van der Waals surface area contributed by atoms with Gasteiger partial charge in [0, 0.05) is 25.6 Å². The first kappa shape index (κ1) is 22.0. The van der Waals surface area contributed by atoms with Gasteiger partial charge >= 0.3 is 0 Å². The number of hydrogen-bond donors (Lipinski definition) is 0. The van der Waals surface area contributed by atoms with Crippen LogP contribution >= 0.6 is 11.6 Å². The van der Waals surface area contributed by atoms with Crippen LogP contribution in [0.3, 0.4) is 0 Å². The number of nitrogens with zero attached hydrogens (tertiary/aromatic N) is 3. The number of carbonyl (C=O) groups is 1. The Hall–Kier alpha value is -2.21. The molecule has 1 aromatic carbocycles. The number of ketones is 1. The lowest BCUT2D eigenvalue weighted by molar-refractivity contribution is -0.126. The molecule has 7 nitrogen and oxygen atoms in total. The van der Waals surface area contributed by atoms with E-state index in [1.54, 1.807) is 23.0 Å². The maximum Gasteiger partial charge on any atom is 0.182 e. The third kappa shape index (κ3) is 4.14. The molecule has 1 heterocycles. The van der Waals surface area contributed by atoms with Gasteiger partial charge in [0.15, 0.2) is 9.84 Å². The monoisotopic (exact) mass is 461 g/mol. The molecule has 9 heteroatoms. The summed E-state index contributed by atoms with van der Waals surface area (Å²) in [5.41, 5.74) is 1.08. The lowest BCUT2D eigenvalue weighted by Crippen LogP contribution is -2.26. The van der Waals surface area contributed by atoms with Gasteiger partial charge < -0.3 is 4.74 Å². The van der Waals surface area contributed by atoms with E-state index in [0.717, 1.165) is 18.4 Å². The molecular formula is C22H24ClN3O4S. The molecule has 164 valence electrons. The summed E-state index contributed by atoms with van der Waals surface area (Å²) in [6.07, 6.45) is 5.06. The highest BCUT2D eigenvalue weighted by Crippen LogP contribution is 2.50. The number of rotatable bonds is 7. The zero-order valence-corrected chi connectivity index (χ0v) is 19.0. The van der Waals surface area contributed by atoms with Crippen molar-refractivity contribution in [1.29, 1.82) is 5.26 Å². The molecule has 0 bridgehead atoms.